The highest BCUT2D eigenvalue weighted by molar-refractivity contribution is 4.95. The number of ether oxygens (including phenoxy) is 2. The van der Waals surface area contributed by atoms with E-state index in [0.717, 1.165) is 0 Å². The van der Waals surface area contributed by atoms with Gasteiger partial charge in [0.2, 0.25) is 0 Å². The van der Waals surface area contributed by atoms with Crippen molar-refractivity contribution < 1.29 is 19.7 Å². The Hall–Kier alpha value is -1.52. The third-order valence-electron chi connectivity index (χ3n) is 1.53. The number of hydrogen-bond acceptors (Lipinski definition) is 4. The van der Waals surface area contributed by atoms with Gasteiger partial charge in [-0.05, 0) is 13.8 Å². The quantitative estimate of drug-likeness (QED) is 0.656. The minimum absolute atomic E-state index is 0.388. The largest absolute Gasteiger partial charge is 0.474 e. The van der Waals surface area contributed by atoms with Crippen molar-refractivity contribution in [3.8, 4) is 0 Å². The Morgan fingerprint density at radius 2 is 1.33 bits per heavy atom. The zero-order chi connectivity index (χ0) is 14.6. The molecular weight excluding hydrogens is 232 g/mol. The van der Waals surface area contributed by atoms with Crippen LogP contribution in [0.25, 0.3) is 0 Å². The molecule has 0 bridgehead atoms. The van der Waals surface area contributed by atoms with Crippen LogP contribution in [-0.2, 0) is 9.47 Å². The fourth-order valence-electron chi connectivity index (χ4n) is 1.01. The Bertz CT molecular complexity index is 241. The minimum Gasteiger partial charge on any atom is -0.474 e. The highest BCUT2D eigenvalue weighted by atomic mass is 16.5. The van der Waals surface area contributed by atoms with E-state index in [9.17, 15) is 0 Å². The Kier molecular flexibility index (Phi) is 12.5. The van der Waals surface area contributed by atoms with Gasteiger partial charge in [0, 0.05) is 12.8 Å². The molecule has 0 aromatic rings. The molecule has 18 heavy (non-hydrogen) atoms. The standard InChI is InChI=1S/C10H18O3.C4H6O/c1-7(11)5-9(3)13-10(4)6-8(2)12;1-3-5-4-2/h7-8,11-12H,3-6H2,1-2H3;3-4H,1-2H2. The van der Waals surface area contributed by atoms with Gasteiger partial charge in [0.25, 0.3) is 0 Å². The van der Waals surface area contributed by atoms with E-state index in [1.807, 2.05) is 0 Å². The van der Waals surface area contributed by atoms with E-state index in [-0.39, 0.29) is 0 Å². The Morgan fingerprint density at radius 1 is 1.00 bits per heavy atom. The number of hydrogen-bond donors (Lipinski definition) is 2. The molecule has 2 atom stereocenters. The Morgan fingerprint density at radius 3 is 1.50 bits per heavy atom. The van der Waals surface area contributed by atoms with E-state index in [0.29, 0.717) is 24.4 Å². The van der Waals surface area contributed by atoms with Gasteiger partial charge >= 0.3 is 0 Å². The lowest BCUT2D eigenvalue weighted by Crippen LogP contribution is -2.06. The first kappa shape index (κ1) is 18.8. The van der Waals surface area contributed by atoms with Crippen LogP contribution in [0.15, 0.2) is 50.4 Å². The number of rotatable bonds is 8. The number of aliphatic hydroxyl groups is 2. The predicted octanol–water partition coefficient (Wildman–Crippen LogP) is 2.86. The molecule has 0 aliphatic rings. The summed E-state index contributed by atoms with van der Waals surface area (Å²) in [7, 11) is 0. The molecule has 0 aromatic carbocycles. The fourth-order valence-corrected chi connectivity index (χ4v) is 1.01. The van der Waals surface area contributed by atoms with Crippen molar-refractivity contribution in [3.63, 3.8) is 0 Å². The molecule has 0 aliphatic carbocycles. The lowest BCUT2D eigenvalue weighted by atomic mass is 10.2. The van der Waals surface area contributed by atoms with Crippen molar-refractivity contribution in [1.29, 1.82) is 0 Å². The molecule has 0 spiro atoms. The van der Waals surface area contributed by atoms with E-state index in [1.165, 1.54) is 12.5 Å². The van der Waals surface area contributed by atoms with Crippen LogP contribution >= 0.6 is 0 Å². The van der Waals surface area contributed by atoms with Crippen LogP contribution in [0, 0.1) is 0 Å². The molecule has 0 rings (SSSR count). The van der Waals surface area contributed by atoms with Gasteiger partial charge in [0.1, 0.15) is 0 Å². The van der Waals surface area contributed by atoms with Gasteiger partial charge in [-0.2, -0.15) is 0 Å². The van der Waals surface area contributed by atoms with Crippen LogP contribution < -0.4 is 0 Å². The maximum atomic E-state index is 9.00. The second-order valence-corrected chi connectivity index (χ2v) is 3.76. The molecule has 0 fully saturated rings. The smallest absolute Gasteiger partial charge is 0.0989 e. The topological polar surface area (TPSA) is 58.9 Å². The van der Waals surface area contributed by atoms with Crippen LogP contribution in [0.4, 0.5) is 0 Å². The molecule has 0 saturated heterocycles. The van der Waals surface area contributed by atoms with Gasteiger partial charge < -0.3 is 19.7 Å². The monoisotopic (exact) mass is 256 g/mol. The second-order valence-electron chi connectivity index (χ2n) is 3.76. The molecule has 0 aliphatic heterocycles. The summed E-state index contributed by atoms with van der Waals surface area (Å²) in [4.78, 5) is 0. The first-order chi connectivity index (χ1) is 8.33. The average Bonchev–Trinajstić information content (AvgIpc) is 2.16. The van der Waals surface area contributed by atoms with E-state index < -0.39 is 12.2 Å². The molecule has 2 N–H and O–H groups in total. The predicted molar refractivity (Wildman–Crippen MR) is 73.4 cm³/mol. The van der Waals surface area contributed by atoms with E-state index in [4.69, 9.17) is 14.9 Å². The van der Waals surface area contributed by atoms with Crippen LogP contribution in [0.1, 0.15) is 26.7 Å². The maximum Gasteiger partial charge on any atom is 0.0989 e. The van der Waals surface area contributed by atoms with Gasteiger partial charge in [-0.15, -0.1) is 0 Å². The molecule has 0 saturated carbocycles. The molecule has 4 heteroatoms. The summed E-state index contributed by atoms with van der Waals surface area (Å²) in [6.07, 6.45) is 2.47. The highest BCUT2D eigenvalue weighted by Gasteiger charge is 2.05. The second kappa shape index (κ2) is 12.0. The minimum atomic E-state index is -0.466. The molecule has 0 aromatic heterocycles. The molecule has 0 radical (unpaired) electrons. The van der Waals surface area contributed by atoms with Gasteiger partial charge in [-0.3, -0.25) is 0 Å². The van der Waals surface area contributed by atoms with Crippen molar-refractivity contribution >= 4 is 0 Å². The van der Waals surface area contributed by atoms with Crippen LogP contribution in [0.2, 0.25) is 0 Å². The lowest BCUT2D eigenvalue weighted by Gasteiger charge is -2.13. The lowest BCUT2D eigenvalue weighted by molar-refractivity contribution is 0.146. The van der Waals surface area contributed by atoms with Gasteiger partial charge in [0.05, 0.1) is 36.3 Å². The zero-order valence-corrected chi connectivity index (χ0v) is 11.3. The van der Waals surface area contributed by atoms with E-state index in [1.54, 1.807) is 13.8 Å². The van der Waals surface area contributed by atoms with Crippen LogP contribution in [-0.4, -0.2) is 22.4 Å². The number of aliphatic hydroxyl groups excluding tert-OH is 2. The van der Waals surface area contributed by atoms with Crippen molar-refractivity contribution in [1.82, 2.24) is 0 Å². The van der Waals surface area contributed by atoms with Crippen LogP contribution in [0.3, 0.4) is 0 Å². The first-order valence-electron chi connectivity index (χ1n) is 5.60. The first-order valence-corrected chi connectivity index (χ1v) is 5.60. The zero-order valence-electron chi connectivity index (χ0n) is 11.3. The van der Waals surface area contributed by atoms with Gasteiger partial charge in [0.15, 0.2) is 0 Å². The molecule has 104 valence electrons. The summed E-state index contributed by atoms with van der Waals surface area (Å²) in [5, 5.41) is 18.0. The van der Waals surface area contributed by atoms with Crippen molar-refractivity contribution in [2.45, 2.75) is 38.9 Å². The Labute approximate surface area is 110 Å². The third kappa shape index (κ3) is 16.9. The third-order valence-corrected chi connectivity index (χ3v) is 1.53. The average molecular weight is 256 g/mol. The Balaban J connectivity index is 0. The summed E-state index contributed by atoms with van der Waals surface area (Å²) < 4.78 is 9.52. The summed E-state index contributed by atoms with van der Waals surface area (Å²) in [6.45, 7) is 17.1. The fraction of sp³-hybridized carbons (Fsp3) is 0.429. The normalized spacial score (nSPS) is 12.2. The van der Waals surface area contributed by atoms with Gasteiger partial charge in [-0.1, -0.05) is 26.3 Å². The summed E-state index contributed by atoms with van der Waals surface area (Å²) >= 11 is 0. The van der Waals surface area contributed by atoms with Crippen molar-refractivity contribution in [3.05, 3.63) is 50.4 Å². The molecule has 0 heterocycles. The van der Waals surface area contributed by atoms with E-state index >= 15 is 0 Å². The summed E-state index contributed by atoms with van der Waals surface area (Å²) in [5.41, 5.74) is 0. The molecular formula is C14H24O4. The van der Waals surface area contributed by atoms with Gasteiger partial charge in [-0.25, -0.2) is 0 Å². The summed E-state index contributed by atoms with van der Waals surface area (Å²) in [5.74, 6) is 0.946. The SMILES string of the molecule is C=C(CC(C)O)OC(=C)CC(C)O.C=COC=C. The highest BCUT2D eigenvalue weighted by Crippen LogP contribution is 2.13. The van der Waals surface area contributed by atoms with Crippen LogP contribution in [0.5, 0.6) is 0 Å². The maximum absolute atomic E-state index is 9.00. The summed E-state index contributed by atoms with van der Waals surface area (Å²) in [6, 6.07) is 0. The van der Waals surface area contributed by atoms with Crippen molar-refractivity contribution in [2.75, 3.05) is 0 Å². The molecule has 4 nitrogen and oxygen atoms in total. The molecule has 0 amide bonds. The van der Waals surface area contributed by atoms with Crippen molar-refractivity contribution in [2.24, 2.45) is 0 Å². The van der Waals surface area contributed by atoms with E-state index in [2.05, 4.69) is 31.1 Å². The molecule has 2 unspecified atom stereocenters.